The summed E-state index contributed by atoms with van der Waals surface area (Å²) in [5, 5.41) is 2.84. The monoisotopic (exact) mass is 615 g/mol. The van der Waals surface area contributed by atoms with Crippen molar-refractivity contribution >= 4 is 27.5 Å². The lowest BCUT2D eigenvalue weighted by atomic mass is 10.1. The van der Waals surface area contributed by atoms with Crippen molar-refractivity contribution in [2.24, 2.45) is 0 Å². The summed E-state index contributed by atoms with van der Waals surface area (Å²) >= 11 is 0. The number of hydrogen-bond donors (Lipinski definition) is 1. The highest BCUT2D eigenvalue weighted by atomic mass is 32.2. The van der Waals surface area contributed by atoms with Crippen LogP contribution >= 0.6 is 0 Å². The molecule has 3 aromatic rings. The largest absolute Gasteiger partial charge is 0.497 e. The van der Waals surface area contributed by atoms with Crippen molar-refractivity contribution in [3.8, 4) is 17.2 Å². The minimum absolute atomic E-state index is 0.0363. The molecule has 1 N–H and O–H groups in total. The Bertz CT molecular complexity index is 1480. The van der Waals surface area contributed by atoms with E-state index in [4.69, 9.17) is 14.2 Å². The topological polar surface area (TPSA) is 114 Å². The Hall–Kier alpha value is -4.32. The summed E-state index contributed by atoms with van der Waals surface area (Å²) in [6.07, 6.45) is 0.993. The molecule has 0 spiro atoms. The number of nitrogens with one attached hydrogen (secondary N) is 1. The standard InChI is InChI=1S/C31H38FN3O7S/c1-6-18-33-31(37)27(7-2)34(20-22-8-14-25(40-3)15-9-22)30(36)21-35(24-12-10-23(32)11-13-24)43(38,39)26-16-17-28(41-4)29(19-26)42-5/h8-17,19,27H,6-7,18,20-21H2,1-5H3,(H,33,37). The summed E-state index contributed by atoms with van der Waals surface area (Å²) in [5.74, 6) is -0.421. The van der Waals surface area contributed by atoms with E-state index in [0.717, 1.165) is 16.4 Å². The normalized spacial score (nSPS) is 11.8. The third kappa shape index (κ3) is 8.16. The first-order valence-corrected chi connectivity index (χ1v) is 15.2. The van der Waals surface area contributed by atoms with Gasteiger partial charge in [0.2, 0.25) is 11.8 Å². The van der Waals surface area contributed by atoms with E-state index in [1.54, 1.807) is 38.3 Å². The number of rotatable bonds is 15. The number of methoxy groups -OCH3 is 3. The van der Waals surface area contributed by atoms with Gasteiger partial charge in [-0.05, 0) is 66.9 Å². The van der Waals surface area contributed by atoms with Gasteiger partial charge in [0.15, 0.2) is 11.5 Å². The van der Waals surface area contributed by atoms with Gasteiger partial charge in [-0.25, -0.2) is 12.8 Å². The van der Waals surface area contributed by atoms with E-state index >= 15 is 0 Å². The van der Waals surface area contributed by atoms with E-state index < -0.39 is 34.3 Å². The average molecular weight is 616 g/mol. The van der Waals surface area contributed by atoms with Gasteiger partial charge in [-0.2, -0.15) is 0 Å². The Labute approximate surface area is 252 Å². The van der Waals surface area contributed by atoms with Crippen molar-refractivity contribution in [1.29, 1.82) is 0 Å². The summed E-state index contributed by atoms with van der Waals surface area (Å²) in [7, 11) is -0.0502. The number of carbonyl (C=O) groups is 2. The Morgan fingerprint density at radius 3 is 2.09 bits per heavy atom. The van der Waals surface area contributed by atoms with Crippen LogP contribution in [0.5, 0.6) is 17.2 Å². The van der Waals surface area contributed by atoms with Gasteiger partial charge in [0.1, 0.15) is 24.2 Å². The van der Waals surface area contributed by atoms with Gasteiger partial charge in [0, 0.05) is 19.2 Å². The highest BCUT2D eigenvalue weighted by Gasteiger charge is 2.34. The molecule has 0 saturated carbocycles. The number of anilines is 1. The molecule has 3 rings (SSSR count). The van der Waals surface area contributed by atoms with Crippen LogP contribution in [0.1, 0.15) is 32.3 Å². The van der Waals surface area contributed by atoms with Crippen LogP contribution in [0, 0.1) is 5.82 Å². The van der Waals surface area contributed by atoms with E-state index in [9.17, 15) is 22.4 Å². The molecule has 0 aliphatic carbocycles. The van der Waals surface area contributed by atoms with Crippen LogP contribution < -0.4 is 23.8 Å². The smallest absolute Gasteiger partial charge is 0.264 e. The van der Waals surface area contributed by atoms with Gasteiger partial charge in [-0.3, -0.25) is 13.9 Å². The van der Waals surface area contributed by atoms with Crippen LogP contribution in [-0.4, -0.2) is 65.6 Å². The number of carbonyl (C=O) groups excluding carboxylic acids is 2. The van der Waals surface area contributed by atoms with Crippen molar-refractivity contribution in [2.45, 2.75) is 44.2 Å². The molecule has 0 aliphatic rings. The average Bonchev–Trinajstić information content (AvgIpc) is 3.02. The molecule has 0 aliphatic heterocycles. The van der Waals surface area contributed by atoms with Crippen molar-refractivity contribution in [3.05, 3.63) is 78.1 Å². The zero-order valence-electron chi connectivity index (χ0n) is 25.0. The predicted octanol–water partition coefficient (Wildman–Crippen LogP) is 4.38. The number of amides is 2. The fraction of sp³-hybridized carbons (Fsp3) is 0.355. The first-order valence-electron chi connectivity index (χ1n) is 13.8. The second-order valence-corrected chi connectivity index (χ2v) is 11.5. The van der Waals surface area contributed by atoms with E-state index in [2.05, 4.69) is 5.32 Å². The third-order valence-electron chi connectivity index (χ3n) is 6.78. The van der Waals surface area contributed by atoms with Gasteiger partial charge in [-0.15, -0.1) is 0 Å². The van der Waals surface area contributed by atoms with Crippen molar-refractivity contribution in [3.63, 3.8) is 0 Å². The molecule has 0 fully saturated rings. The quantitative estimate of drug-likeness (QED) is 0.270. The fourth-order valence-electron chi connectivity index (χ4n) is 4.45. The lowest BCUT2D eigenvalue weighted by molar-refractivity contribution is -0.140. The molecule has 43 heavy (non-hydrogen) atoms. The number of nitrogens with zero attached hydrogens (tertiary/aromatic N) is 2. The van der Waals surface area contributed by atoms with Crippen LogP contribution in [0.3, 0.4) is 0 Å². The summed E-state index contributed by atoms with van der Waals surface area (Å²) in [4.78, 5) is 28.5. The van der Waals surface area contributed by atoms with Gasteiger partial charge in [-0.1, -0.05) is 26.0 Å². The molecular formula is C31H38FN3O7S. The third-order valence-corrected chi connectivity index (χ3v) is 8.55. The second kappa shape index (κ2) is 15.2. The van der Waals surface area contributed by atoms with Gasteiger partial charge in [0.25, 0.3) is 10.0 Å². The lowest BCUT2D eigenvalue weighted by Crippen LogP contribution is -2.52. The highest BCUT2D eigenvalue weighted by Crippen LogP contribution is 2.32. The summed E-state index contributed by atoms with van der Waals surface area (Å²) in [5.41, 5.74) is 0.782. The molecule has 0 bridgehead atoms. The van der Waals surface area contributed by atoms with E-state index in [1.165, 1.54) is 49.5 Å². The fourth-order valence-corrected chi connectivity index (χ4v) is 5.88. The Kier molecular flexibility index (Phi) is 11.8. The Morgan fingerprint density at radius 2 is 1.53 bits per heavy atom. The Morgan fingerprint density at radius 1 is 0.884 bits per heavy atom. The van der Waals surface area contributed by atoms with Crippen LogP contribution in [-0.2, 0) is 26.2 Å². The van der Waals surface area contributed by atoms with Crippen LogP contribution in [0.25, 0.3) is 0 Å². The lowest BCUT2D eigenvalue weighted by Gasteiger charge is -2.33. The van der Waals surface area contributed by atoms with Gasteiger partial charge < -0.3 is 24.4 Å². The maximum Gasteiger partial charge on any atom is 0.264 e. The number of benzene rings is 3. The van der Waals surface area contributed by atoms with E-state index in [0.29, 0.717) is 30.0 Å². The number of sulfonamides is 1. The summed E-state index contributed by atoms with van der Waals surface area (Å²) in [6.45, 7) is 3.50. The molecule has 1 unspecified atom stereocenters. The molecule has 0 saturated heterocycles. The summed E-state index contributed by atoms with van der Waals surface area (Å²) < 4.78 is 58.6. The highest BCUT2D eigenvalue weighted by molar-refractivity contribution is 7.92. The molecule has 232 valence electrons. The Balaban J connectivity index is 2.08. The van der Waals surface area contributed by atoms with E-state index in [1.807, 2.05) is 6.92 Å². The zero-order chi connectivity index (χ0) is 31.6. The minimum atomic E-state index is -4.39. The maximum atomic E-state index is 14.1. The van der Waals surface area contributed by atoms with Gasteiger partial charge >= 0.3 is 0 Å². The maximum absolute atomic E-state index is 14.1. The van der Waals surface area contributed by atoms with Crippen LogP contribution in [0.15, 0.2) is 71.6 Å². The number of halogens is 1. The van der Waals surface area contributed by atoms with Crippen molar-refractivity contribution in [2.75, 3.05) is 38.7 Å². The van der Waals surface area contributed by atoms with Crippen molar-refractivity contribution < 1.29 is 36.6 Å². The van der Waals surface area contributed by atoms with Crippen LogP contribution in [0.4, 0.5) is 10.1 Å². The molecule has 0 heterocycles. The summed E-state index contributed by atoms with van der Waals surface area (Å²) in [6, 6.07) is 15.0. The van der Waals surface area contributed by atoms with Gasteiger partial charge in [0.05, 0.1) is 31.9 Å². The molecule has 10 nitrogen and oxygen atoms in total. The first-order chi connectivity index (χ1) is 20.6. The predicted molar refractivity (Wildman–Crippen MR) is 161 cm³/mol. The molecule has 1 atom stereocenters. The van der Waals surface area contributed by atoms with Crippen LogP contribution in [0.2, 0.25) is 0 Å². The van der Waals surface area contributed by atoms with Crippen molar-refractivity contribution in [1.82, 2.24) is 10.2 Å². The second-order valence-electron chi connectivity index (χ2n) is 9.59. The first kappa shape index (κ1) is 33.2. The number of hydrogen-bond acceptors (Lipinski definition) is 7. The minimum Gasteiger partial charge on any atom is -0.497 e. The number of ether oxygens (including phenoxy) is 3. The zero-order valence-corrected chi connectivity index (χ0v) is 25.8. The molecule has 3 aromatic carbocycles. The molecule has 12 heteroatoms. The molecule has 0 aromatic heterocycles. The van der Waals surface area contributed by atoms with E-state index in [-0.39, 0.29) is 35.2 Å². The SMILES string of the molecule is CCCNC(=O)C(CC)N(Cc1ccc(OC)cc1)C(=O)CN(c1ccc(F)cc1)S(=O)(=O)c1ccc(OC)c(OC)c1. The molecular weight excluding hydrogens is 577 g/mol. The molecule has 2 amide bonds. The molecule has 0 radical (unpaired) electrons.